The number of hydrogen-bond donors (Lipinski definition) is 0. The molecular formula is C42H28N2. The quantitative estimate of drug-likeness (QED) is 0.194. The number of nitrogens with zero attached hydrogens (tertiary/aromatic N) is 2. The van der Waals surface area contributed by atoms with E-state index in [-0.39, 0.29) is 0 Å². The second kappa shape index (κ2) is 9.86. The first kappa shape index (κ1) is 24.7. The summed E-state index contributed by atoms with van der Waals surface area (Å²) in [5.74, 6) is 0. The first-order valence-electron chi connectivity index (χ1n) is 15.1. The zero-order valence-corrected chi connectivity index (χ0v) is 24.1. The summed E-state index contributed by atoms with van der Waals surface area (Å²) in [6.45, 7) is 0. The summed E-state index contributed by atoms with van der Waals surface area (Å²) >= 11 is 0. The summed E-state index contributed by atoms with van der Waals surface area (Å²) in [7, 11) is 0. The van der Waals surface area contributed by atoms with Gasteiger partial charge in [-0.3, -0.25) is 0 Å². The molecule has 1 heterocycles. The maximum Gasteiger partial charge on any atom is 0.0542 e. The van der Waals surface area contributed by atoms with Crippen molar-refractivity contribution in [2.45, 2.75) is 0 Å². The van der Waals surface area contributed by atoms with Crippen LogP contribution in [-0.2, 0) is 0 Å². The fourth-order valence-electron chi connectivity index (χ4n) is 7.01. The second-order valence-electron chi connectivity index (χ2n) is 11.4. The lowest BCUT2D eigenvalue weighted by atomic mass is 9.94. The lowest BCUT2D eigenvalue weighted by Crippen LogP contribution is -2.09. The van der Waals surface area contributed by atoms with Gasteiger partial charge in [-0.2, -0.15) is 0 Å². The molecule has 0 saturated carbocycles. The third-order valence-corrected chi connectivity index (χ3v) is 8.93. The Labute approximate surface area is 255 Å². The zero-order chi connectivity index (χ0) is 29.0. The van der Waals surface area contributed by atoms with Gasteiger partial charge in [0.25, 0.3) is 0 Å². The Morgan fingerprint density at radius 1 is 0.295 bits per heavy atom. The van der Waals surface area contributed by atoms with E-state index in [9.17, 15) is 0 Å². The van der Waals surface area contributed by atoms with E-state index in [1.54, 1.807) is 0 Å². The molecule has 8 aromatic carbocycles. The van der Waals surface area contributed by atoms with Gasteiger partial charge in [0.1, 0.15) is 0 Å². The Bertz CT molecular complexity index is 2460. The minimum atomic E-state index is 1.13. The monoisotopic (exact) mass is 560 g/mol. The molecule has 9 aromatic rings. The Morgan fingerprint density at radius 2 is 0.750 bits per heavy atom. The second-order valence-corrected chi connectivity index (χ2v) is 11.4. The van der Waals surface area contributed by atoms with E-state index >= 15 is 0 Å². The first-order valence-corrected chi connectivity index (χ1v) is 15.1. The van der Waals surface area contributed by atoms with Gasteiger partial charge in [-0.05, 0) is 93.0 Å². The molecule has 0 amide bonds. The summed E-state index contributed by atoms with van der Waals surface area (Å²) in [5.41, 5.74) is 6.97. The molecule has 0 N–H and O–H groups in total. The fourth-order valence-corrected chi connectivity index (χ4v) is 7.01. The van der Waals surface area contributed by atoms with Crippen LogP contribution in [0.4, 0.5) is 17.1 Å². The molecule has 9 rings (SSSR count). The molecule has 2 nitrogen and oxygen atoms in total. The largest absolute Gasteiger partial charge is 0.310 e. The molecule has 0 fully saturated rings. The lowest BCUT2D eigenvalue weighted by molar-refractivity contribution is 1.18. The standard InChI is InChI=1S/C42H28N2/c1-3-13-29(14-4-1)43(31-23-25-37-35-19-8-7-17-33(35)34-18-9-10-20-36(34)39(37)27-31)32-24-26-42-40(28-32)38-21-11-12-22-41(38)44(42)30-15-5-2-6-16-30/h1-28H. The van der Waals surface area contributed by atoms with Crippen molar-refractivity contribution < 1.29 is 0 Å². The van der Waals surface area contributed by atoms with Crippen molar-refractivity contribution in [3.63, 3.8) is 0 Å². The van der Waals surface area contributed by atoms with Crippen molar-refractivity contribution in [1.29, 1.82) is 0 Å². The number of benzene rings is 8. The van der Waals surface area contributed by atoms with Gasteiger partial charge < -0.3 is 9.47 Å². The van der Waals surface area contributed by atoms with E-state index in [1.165, 1.54) is 59.8 Å². The molecule has 2 heteroatoms. The molecule has 0 radical (unpaired) electrons. The third-order valence-electron chi connectivity index (χ3n) is 8.93. The highest BCUT2D eigenvalue weighted by atomic mass is 15.1. The molecule has 0 unspecified atom stereocenters. The first-order chi connectivity index (χ1) is 21.8. The van der Waals surface area contributed by atoms with Crippen LogP contribution in [0, 0.1) is 0 Å². The van der Waals surface area contributed by atoms with Crippen LogP contribution in [0.1, 0.15) is 0 Å². The van der Waals surface area contributed by atoms with E-state index < -0.39 is 0 Å². The number of hydrogen-bond acceptors (Lipinski definition) is 1. The summed E-state index contributed by atoms with van der Waals surface area (Å²) in [4.78, 5) is 2.39. The van der Waals surface area contributed by atoms with Crippen LogP contribution < -0.4 is 4.90 Å². The van der Waals surface area contributed by atoms with Crippen molar-refractivity contribution >= 4 is 71.2 Å². The highest BCUT2D eigenvalue weighted by Gasteiger charge is 2.18. The Kier molecular flexibility index (Phi) is 5.54. The smallest absolute Gasteiger partial charge is 0.0542 e. The van der Waals surface area contributed by atoms with Crippen molar-refractivity contribution in [3.8, 4) is 5.69 Å². The fraction of sp³-hybridized carbons (Fsp3) is 0. The number of anilines is 3. The van der Waals surface area contributed by atoms with Crippen LogP contribution in [0.25, 0.3) is 59.8 Å². The van der Waals surface area contributed by atoms with Gasteiger partial charge >= 0.3 is 0 Å². The van der Waals surface area contributed by atoms with E-state index in [0.29, 0.717) is 0 Å². The highest BCUT2D eigenvalue weighted by Crippen LogP contribution is 2.42. The lowest BCUT2D eigenvalue weighted by Gasteiger charge is -2.26. The predicted octanol–water partition coefficient (Wildman–Crippen LogP) is 11.7. The van der Waals surface area contributed by atoms with Crippen molar-refractivity contribution in [2.75, 3.05) is 4.90 Å². The molecule has 44 heavy (non-hydrogen) atoms. The minimum Gasteiger partial charge on any atom is -0.310 e. The van der Waals surface area contributed by atoms with Crippen molar-refractivity contribution in [3.05, 3.63) is 170 Å². The predicted molar refractivity (Wildman–Crippen MR) is 188 cm³/mol. The van der Waals surface area contributed by atoms with Crippen LogP contribution in [0.3, 0.4) is 0 Å². The molecule has 0 atom stereocenters. The van der Waals surface area contributed by atoms with E-state index in [0.717, 1.165) is 17.1 Å². The van der Waals surface area contributed by atoms with Gasteiger partial charge in [0, 0.05) is 33.5 Å². The maximum atomic E-state index is 2.39. The molecule has 0 aliphatic rings. The molecule has 0 spiro atoms. The summed E-state index contributed by atoms with van der Waals surface area (Å²) in [6, 6.07) is 61.4. The Balaban J connectivity index is 1.31. The van der Waals surface area contributed by atoms with Crippen LogP contribution >= 0.6 is 0 Å². The summed E-state index contributed by atoms with van der Waals surface area (Å²) in [5, 5.41) is 10.2. The van der Waals surface area contributed by atoms with Crippen LogP contribution in [0.5, 0.6) is 0 Å². The average molecular weight is 561 g/mol. The highest BCUT2D eigenvalue weighted by molar-refractivity contribution is 6.25. The zero-order valence-electron chi connectivity index (χ0n) is 24.1. The van der Waals surface area contributed by atoms with Gasteiger partial charge in [-0.25, -0.2) is 0 Å². The molecule has 206 valence electrons. The maximum absolute atomic E-state index is 2.39. The molecule has 0 saturated heterocycles. The molecule has 1 aromatic heterocycles. The Morgan fingerprint density at radius 3 is 1.41 bits per heavy atom. The SMILES string of the molecule is c1ccc(N(c2ccc3c4ccccc4c4ccccc4c3c2)c2ccc3c(c2)c2ccccc2n3-c2ccccc2)cc1. The third kappa shape index (κ3) is 3.75. The summed E-state index contributed by atoms with van der Waals surface area (Å²) in [6.07, 6.45) is 0. The Hall–Kier alpha value is -5.86. The van der Waals surface area contributed by atoms with Crippen LogP contribution in [0.2, 0.25) is 0 Å². The summed E-state index contributed by atoms with van der Waals surface area (Å²) < 4.78 is 2.37. The van der Waals surface area contributed by atoms with E-state index in [1.807, 2.05) is 0 Å². The number of fused-ring (bicyclic) bond motifs is 9. The van der Waals surface area contributed by atoms with Gasteiger partial charge in [-0.15, -0.1) is 0 Å². The van der Waals surface area contributed by atoms with Gasteiger partial charge in [-0.1, -0.05) is 109 Å². The van der Waals surface area contributed by atoms with Gasteiger partial charge in [0.2, 0.25) is 0 Å². The number of para-hydroxylation sites is 3. The van der Waals surface area contributed by atoms with Crippen LogP contribution in [0.15, 0.2) is 170 Å². The minimum absolute atomic E-state index is 1.13. The molecule has 0 aliphatic heterocycles. The molecular weight excluding hydrogens is 532 g/mol. The normalized spacial score (nSPS) is 11.6. The number of rotatable bonds is 4. The molecule has 0 bridgehead atoms. The van der Waals surface area contributed by atoms with Crippen molar-refractivity contribution in [2.24, 2.45) is 0 Å². The van der Waals surface area contributed by atoms with Crippen LogP contribution in [-0.4, -0.2) is 4.57 Å². The number of aromatic nitrogens is 1. The van der Waals surface area contributed by atoms with E-state index in [4.69, 9.17) is 0 Å². The van der Waals surface area contributed by atoms with Gasteiger partial charge in [0.15, 0.2) is 0 Å². The van der Waals surface area contributed by atoms with Crippen molar-refractivity contribution in [1.82, 2.24) is 4.57 Å². The van der Waals surface area contributed by atoms with E-state index in [2.05, 4.69) is 179 Å². The average Bonchev–Trinajstić information content (AvgIpc) is 3.43. The topological polar surface area (TPSA) is 8.17 Å². The molecule has 0 aliphatic carbocycles. The van der Waals surface area contributed by atoms with Gasteiger partial charge in [0.05, 0.1) is 11.0 Å².